The number of thioether (sulfide) groups is 3. The quantitative estimate of drug-likeness (QED) is 0.367. The van der Waals surface area contributed by atoms with Gasteiger partial charge in [0.15, 0.2) is 0 Å². The Hall–Kier alpha value is -0.540. The minimum Gasteiger partial charge on any atom is -0.307 e. The standard InChI is InChI=1S/C20H37N3O3S3/c1-4-10-28-13-8-19(25)22-15-21(18(24)7-12-27-6-3)16-23(17-22)20(26)9-14-29-11-5-2/h4-17H2,1-3H3. The van der Waals surface area contributed by atoms with E-state index in [1.54, 1.807) is 50.0 Å². The molecule has 9 heteroatoms. The molecule has 1 rings (SSSR count). The highest BCUT2D eigenvalue weighted by atomic mass is 32.2. The number of hydrogen-bond donors (Lipinski definition) is 0. The lowest BCUT2D eigenvalue weighted by molar-refractivity contribution is -0.158. The number of amides is 3. The van der Waals surface area contributed by atoms with Gasteiger partial charge in [-0.2, -0.15) is 35.3 Å². The predicted molar refractivity (Wildman–Crippen MR) is 127 cm³/mol. The van der Waals surface area contributed by atoms with Crippen LogP contribution in [0.5, 0.6) is 0 Å². The summed E-state index contributed by atoms with van der Waals surface area (Å²) in [6.45, 7) is 7.21. The van der Waals surface area contributed by atoms with Gasteiger partial charge in [-0.15, -0.1) is 0 Å². The second-order valence-corrected chi connectivity index (χ2v) is 10.7. The molecule has 0 aliphatic carbocycles. The number of hydrogen-bond acceptors (Lipinski definition) is 6. The molecule has 0 spiro atoms. The molecule has 0 bridgehead atoms. The fourth-order valence-electron chi connectivity index (χ4n) is 2.82. The van der Waals surface area contributed by atoms with Crippen LogP contribution < -0.4 is 0 Å². The molecular weight excluding hydrogens is 426 g/mol. The van der Waals surface area contributed by atoms with Gasteiger partial charge in [-0.05, 0) is 30.1 Å². The third-order valence-electron chi connectivity index (χ3n) is 4.36. The van der Waals surface area contributed by atoms with Gasteiger partial charge < -0.3 is 14.7 Å². The number of nitrogens with zero attached hydrogens (tertiary/aromatic N) is 3. The largest absolute Gasteiger partial charge is 0.307 e. The fraction of sp³-hybridized carbons (Fsp3) is 0.850. The molecule has 0 aromatic carbocycles. The zero-order valence-electron chi connectivity index (χ0n) is 18.2. The van der Waals surface area contributed by atoms with E-state index >= 15 is 0 Å². The van der Waals surface area contributed by atoms with E-state index in [0.29, 0.717) is 39.3 Å². The van der Waals surface area contributed by atoms with Crippen molar-refractivity contribution in [3.63, 3.8) is 0 Å². The Morgan fingerprint density at radius 3 is 1.24 bits per heavy atom. The Bertz CT molecular complexity index is 477. The third-order valence-corrected chi connectivity index (χ3v) is 7.64. The molecule has 0 N–H and O–H groups in total. The van der Waals surface area contributed by atoms with Crippen molar-refractivity contribution in [2.75, 3.05) is 54.5 Å². The van der Waals surface area contributed by atoms with Crippen molar-refractivity contribution in [1.29, 1.82) is 0 Å². The molecule has 29 heavy (non-hydrogen) atoms. The maximum atomic E-state index is 12.7. The molecule has 0 saturated carbocycles. The molecule has 0 radical (unpaired) electrons. The van der Waals surface area contributed by atoms with Gasteiger partial charge in [0.2, 0.25) is 17.7 Å². The van der Waals surface area contributed by atoms with Crippen molar-refractivity contribution in [3.05, 3.63) is 0 Å². The van der Waals surface area contributed by atoms with Gasteiger partial charge in [-0.25, -0.2) is 0 Å². The van der Waals surface area contributed by atoms with E-state index in [-0.39, 0.29) is 17.7 Å². The maximum Gasteiger partial charge on any atom is 0.226 e. The zero-order chi connectivity index (χ0) is 21.5. The Labute approximate surface area is 189 Å². The Morgan fingerprint density at radius 2 is 0.931 bits per heavy atom. The Balaban J connectivity index is 2.67. The molecule has 0 unspecified atom stereocenters. The van der Waals surface area contributed by atoms with E-state index < -0.39 is 0 Å². The van der Waals surface area contributed by atoms with Gasteiger partial charge in [-0.3, -0.25) is 14.4 Å². The average molecular weight is 464 g/mol. The minimum atomic E-state index is 0.0157. The fourth-order valence-corrected chi connectivity index (χ4v) is 5.05. The molecule has 1 aliphatic rings. The summed E-state index contributed by atoms with van der Waals surface area (Å²) in [4.78, 5) is 43.0. The van der Waals surface area contributed by atoms with E-state index in [9.17, 15) is 14.4 Å². The topological polar surface area (TPSA) is 60.9 Å². The molecule has 1 fully saturated rings. The number of carbonyl (C=O) groups excluding carboxylic acids is 3. The SMILES string of the molecule is CCCSCCC(=O)N1CN(C(=O)CCSCC)CN(C(=O)CCSCCC)C1. The normalized spacial score (nSPS) is 14.4. The lowest BCUT2D eigenvalue weighted by atomic mass is 10.3. The van der Waals surface area contributed by atoms with Crippen molar-refractivity contribution in [3.8, 4) is 0 Å². The van der Waals surface area contributed by atoms with Crippen molar-refractivity contribution in [2.24, 2.45) is 0 Å². The first-order valence-electron chi connectivity index (χ1n) is 10.6. The van der Waals surface area contributed by atoms with Crippen LogP contribution in [-0.2, 0) is 14.4 Å². The van der Waals surface area contributed by atoms with Crippen LogP contribution in [0.25, 0.3) is 0 Å². The van der Waals surface area contributed by atoms with Crippen molar-refractivity contribution in [1.82, 2.24) is 14.7 Å². The second-order valence-electron chi connectivity index (χ2n) is 6.90. The summed E-state index contributed by atoms with van der Waals surface area (Å²) in [5.74, 6) is 5.47. The van der Waals surface area contributed by atoms with Gasteiger partial charge in [0.05, 0.1) is 20.0 Å². The predicted octanol–water partition coefficient (Wildman–Crippen LogP) is 3.57. The Kier molecular flexibility index (Phi) is 14.8. The molecule has 168 valence electrons. The van der Waals surface area contributed by atoms with Crippen LogP contribution in [0.15, 0.2) is 0 Å². The zero-order valence-corrected chi connectivity index (χ0v) is 20.6. The summed E-state index contributed by atoms with van der Waals surface area (Å²) in [5, 5.41) is 0. The summed E-state index contributed by atoms with van der Waals surface area (Å²) in [5.41, 5.74) is 0. The molecule has 0 aromatic rings. The summed E-state index contributed by atoms with van der Waals surface area (Å²) < 4.78 is 0. The highest BCUT2D eigenvalue weighted by Gasteiger charge is 2.31. The first-order valence-corrected chi connectivity index (χ1v) is 14.1. The van der Waals surface area contributed by atoms with Crippen LogP contribution in [0, 0.1) is 0 Å². The van der Waals surface area contributed by atoms with Crippen molar-refractivity contribution >= 4 is 53.0 Å². The second kappa shape index (κ2) is 16.2. The molecule has 0 atom stereocenters. The third kappa shape index (κ3) is 10.9. The average Bonchev–Trinajstić information content (AvgIpc) is 2.73. The van der Waals surface area contributed by atoms with Gasteiger partial charge in [0, 0.05) is 36.5 Å². The number of carbonyl (C=O) groups is 3. The van der Waals surface area contributed by atoms with Gasteiger partial charge in [-0.1, -0.05) is 20.8 Å². The van der Waals surface area contributed by atoms with E-state index in [2.05, 4.69) is 20.8 Å². The summed E-state index contributed by atoms with van der Waals surface area (Å²) in [6, 6.07) is 0. The van der Waals surface area contributed by atoms with E-state index in [0.717, 1.165) is 47.4 Å². The van der Waals surface area contributed by atoms with Gasteiger partial charge in [0.1, 0.15) is 0 Å². The van der Waals surface area contributed by atoms with Crippen LogP contribution in [0.3, 0.4) is 0 Å². The van der Waals surface area contributed by atoms with Crippen LogP contribution in [0.1, 0.15) is 52.9 Å². The van der Waals surface area contributed by atoms with Gasteiger partial charge in [0.25, 0.3) is 0 Å². The molecule has 1 heterocycles. The molecular formula is C20H37N3O3S3. The lowest BCUT2D eigenvalue weighted by Gasteiger charge is -2.42. The maximum absolute atomic E-state index is 12.7. The van der Waals surface area contributed by atoms with Crippen molar-refractivity contribution < 1.29 is 14.4 Å². The van der Waals surface area contributed by atoms with E-state index in [1.165, 1.54) is 0 Å². The first kappa shape index (κ1) is 26.5. The summed E-state index contributed by atoms with van der Waals surface area (Å²) in [6.07, 6.45) is 3.54. The van der Waals surface area contributed by atoms with Crippen LogP contribution in [0.2, 0.25) is 0 Å². The first-order chi connectivity index (χ1) is 14.0. The summed E-state index contributed by atoms with van der Waals surface area (Å²) in [7, 11) is 0. The summed E-state index contributed by atoms with van der Waals surface area (Å²) >= 11 is 5.28. The van der Waals surface area contributed by atoms with Crippen LogP contribution in [-0.4, -0.2) is 86.9 Å². The highest BCUT2D eigenvalue weighted by Crippen LogP contribution is 2.15. The minimum absolute atomic E-state index is 0.0157. The molecule has 3 amide bonds. The lowest BCUT2D eigenvalue weighted by Crippen LogP contribution is -2.59. The van der Waals surface area contributed by atoms with Gasteiger partial charge >= 0.3 is 0 Å². The smallest absolute Gasteiger partial charge is 0.226 e. The molecule has 6 nitrogen and oxygen atoms in total. The van der Waals surface area contributed by atoms with E-state index in [1.807, 2.05) is 0 Å². The molecule has 0 aromatic heterocycles. The molecule has 1 aliphatic heterocycles. The molecule has 1 saturated heterocycles. The monoisotopic (exact) mass is 463 g/mol. The van der Waals surface area contributed by atoms with Crippen LogP contribution >= 0.6 is 35.3 Å². The van der Waals surface area contributed by atoms with E-state index in [4.69, 9.17) is 0 Å². The van der Waals surface area contributed by atoms with Crippen molar-refractivity contribution in [2.45, 2.75) is 52.9 Å². The van der Waals surface area contributed by atoms with Crippen LogP contribution in [0.4, 0.5) is 0 Å². The Morgan fingerprint density at radius 1 is 0.586 bits per heavy atom. The number of rotatable bonds is 14. The highest BCUT2D eigenvalue weighted by molar-refractivity contribution is 7.99.